The van der Waals surface area contributed by atoms with Gasteiger partial charge in [0.25, 0.3) is 0 Å². The molecule has 4 aliphatic rings. The molecule has 8 nitrogen and oxygen atoms in total. The van der Waals surface area contributed by atoms with Crippen molar-refractivity contribution in [2.45, 2.75) is 82.4 Å². The van der Waals surface area contributed by atoms with Gasteiger partial charge in [-0.1, -0.05) is 0 Å². The van der Waals surface area contributed by atoms with Crippen LogP contribution in [0.1, 0.15) is 57.8 Å². The quantitative estimate of drug-likeness (QED) is 0.608. The van der Waals surface area contributed by atoms with Crippen LogP contribution >= 0.6 is 0 Å². The molecule has 5 unspecified atom stereocenters. The molecule has 2 amide bonds. The average Bonchev–Trinajstić information content (AvgIpc) is 2.77. The first-order valence-corrected chi connectivity index (χ1v) is 11.8. The highest BCUT2D eigenvalue weighted by Gasteiger charge is 2.51. The van der Waals surface area contributed by atoms with Crippen LogP contribution in [0.4, 0.5) is 0 Å². The van der Waals surface area contributed by atoms with Gasteiger partial charge in [-0.15, -0.1) is 0 Å². The monoisotopic (exact) mass is 421 g/mol. The van der Waals surface area contributed by atoms with Crippen LogP contribution in [-0.4, -0.2) is 73.5 Å². The molecule has 0 spiro atoms. The third-order valence-corrected chi connectivity index (χ3v) is 7.99. The molecule has 4 rings (SSSR count). The molecule has 0 aromatic rings. The maximum atomic E-state index is 13.2. The Kier molecular flexibility index (Phi) is 6.97. The predicted molar refractivity (Wildman–Crippen MR) is 114 cm³/mol. The molecule has 8 heteroatoms. The van der Waals surface area contributed by atoms with Crippen molar-refractivity contribution in [3.8, 4) is 0 Å². The summed E-state index contributed by atoms with van der Waals surface area (Å²) in [6, 6.07) is 0. The first kappa shape index (κ1) is 22.0. The second-order valence-electron chi connectivity index (χ2n) is 9.72. The average molecular weight is 422 g/mol. The van der Waals surface area contributed by atoms with Crippen molar-refractivity contribution in [2.24, 2.45) is 23.5 Å². The molecule has 5 atom stereocenters. The highest BCUT2D eigenvalue weighted by Crippen LogP contribution is 2.35. The zero-order chi connectivity index (χ0) is 21.3. The third-order valence-electron chi connectivity index (χ3n) is 7.99. The highest BCUT2D eigenvalue weighted by atomic mass is 16.5. The van der Waals surface area contributed by atoms with E-state index in [4.69, 9.17) is 10.5 Å². The van der Waals surface area contributed by atoms with Gasteiger partial charge in [0.1, 0.15) is 0 Å². The SMILES string of the molecule is COC1CCC(CCNC(=O)C2CC3C(=O)N4CCCCC4NC3N(C)C2N)CC1. The van der Waals surface area contributed by atoms with Gasteiger partial charge in [-0.2, -0.15) is 0 Å². The van der Waals surface area contributed by atoms with Gasteiger partial charge in [0.15, 0.2) is 0 Å². The van der Waals surface area contributed by atoms with E-state index >= 15 is 0 Å². The zero-order valence-electron chi connectivity index (χ0n) is 18.5. The number of nitrogens with zero attached hydrogens (tertiary/aromatic N) is 2. The fourth-order valence-corrected chi connectivity index (χ4v) is 5.99. The van der Waals surface area contributed by atoms with E-state index in [2.05, 4.69) is 10.6 Å². The van der Waals surface area contributed by atoms with Gasteiger partial charge in [0.05, 0.1) is 36.4 Å². The number of ether oxygens (including phenoxy) is 1. The number of fused-ring (bicyclic) bond motifs is 2. The number of carbonyl (C=O) groups is 2. The molecule has 4 fully saturated rings. The molecule has 0 aromatic carbocycles. The molecular weight excluding hydrogens is 382 g/mol. The molecule has 3 aliphatic heterocycles. The Bertz CT molecular complexity index is 624. The van der Waals surface area contributed by atoms with Crippen LogP contribution in [0.15, 0.2) is 0 Å². The molecule has 170 valence electrons. The lowest BCUT2D eigenvalue weighted by Crippen LogP contribution is -2.73. The molecule has 3 heterocycles. The van der Waals surface area contributed by atoms with E-state index in [9.17, 15) is 9.59 Å². The van der Waals surface area contributed by atoms with Crippen LogP contribution in [0.5, 0.6) is 0 Å². The van der Waals surface area contributed by atoms with Crippen molar-refractivity contribution < 1.29 is 14.3 Å². The number of likely N-dealkylation sites (tertiary alicyclic amines) is 1. The van der Waals surface area contributed by atoms with Crippen LogP contribution < -0.4 is 16.4 Å². The number of amides is 2. The second-order valence-corrected chi connectivity index (χ2v) is 9.72. The molecular formula is C22H39N5O3. The minimum absolute atomic E-state index is 0.00746. The molecule has 3 saturated heterocycles. The number of methoxy groups -OCH3 is 1. The minimum atomic E-state index is -0.376. The minimum Gasteiger partial charge on any atom is -0.381 e. The Morgan fingerprint density at radius 2 is 2.00 bits per heavy atom. The largest absolute Gasteiger partial charge is 0.381 e. The summed E-state index contributed by atoms with van der Waals surface area (Å²) in [6.07, 6.45) is 9.35. The van der Waals surface area contributed by atoms with E-state index in [1.807, 2.05) is 16.8 Å². The summed E-state index contributed by atoms with van der Waals surface area (Å²) in [6.45, 7) is 1.50. The van der Waals surface area contributed by atoms with Crippen molar-refractivity contribution in [2.75, 3.05) is 27.2 Å². The van der Waals surface area contributed by atoms with Gasteiger partial charge in [-0.25, -0.2) is 0 Å². The number of carbonyl (C=O) groups excluding carboxylic acids is 2. The topological polar surface area (TPSA) is 99.9 Å². The molecule has 1 saturated carbocycles. The van der Waals surface area contributed by atoms with Crippen molar-refractivity contribution in [1.29, 1.82) is 0 Å². The van der Waals surface area contributed by atoms with Gasteiger partial charge in [0.2, 0.25) is 11.8 Å². The van der Waals surface area contributed by atoms with Crippen LogP contribution in [-0.2, 0) is 14.3 Å². The first-order chi connectivity index (χ1) is 14.5. The number of hydrogen-bond acceptors (Lipinski definition) is 6. The van der Waals surface area contributed by atoms with Gasteiger partial charge >= 0.3 is 0 Å². The van der Waals surface area contributed by atoms with E-state index < -0.39 is 0 Å². The molecule has 30 heavy (non-hydrogen) atoms. The van der Waals surface area contributed by atoms with Crippen LogP contribution in [0.2, 0.25) is 0 Å². The van der Waals surface area contributed by atoms with Crippen LogP contribution in [0.3, 0.4) is 0 Å². The normalized spacial score (nSPS) is 39.9. The number of rotatable bonds is 5. The second kappa shape index (κ2) is 9.51. The molecule has 1 aliphatic carbocycles. The Labute approximate surface area is 180 Å². The summed E-state index contributed by atoms with van der Waals surface area (Å²) in [7, 11) is 3.73. The van der Waals surface area contributed by atoms with Gasteiger partial charge < -0.3 is 20.7 Å². The molecule has 0 aromatic heterocycles. The van der Waals surface area contributed by atoms with E-state index in [1.165, 1.54) is 12.8 Å². The summed E-state index contributed by atoms with van der Waals surface area (Å²) < 4.78 is 5.44. The predicted octanol–water partition coefficient (Wildman–Crippen LogP) is 0.819. The lowest BCUT2D eigenvalue weighted by molar-refractivity contribution is -0.160. The summed E-state index contributed by atoms with van der Waals surface area (Å²) in [5, 5.41) is 6.75. The summed E-state index contributed by atoms with van der Waals surface area (Å²) in [5.74, 6) is 0.280. The fraction of sp³-hybridized carbons (Fsp3) is 0.909. The third kappa shape index (κ3) is 4.38. The van der Waals surface area contributed by atoms with Crippen molar-refractivity contribution in [1.82, 2.24) is 20.4 Å². The number of hydrogen-bond donors (Lipinski definition) is 3. The van der Waals surface area contributed by atoms with E-state index in [0.29, 0.717) is 25.0 Å². The van der Waals surface area contributed by atoms with Gasteiger partial charge in [-0.3, -0.25) is 19.8 Å². The maximum absolute atomic E-state index is 13.2. The van der Waals surface area contributed by atoms with Gasteiger partial charge in [0, 0.05) is 20.2 Å². The fourth-order valence-electron chi connectivity index (χ4n) is 5.99. The molecule has 0 radical (unpaired) electrons. The first-order valence-electron chi connectivity index (χ1n) is 11.8. The smallest absolute Gasteiger partial charge is 0.229 e. The Hall–Kier alpha value is -1.22. The number of nitrogens with one attached hydrogen (secondary N) is 2. The maximum Gasteiger partial charge on any atom is 0.229 e. The Morgan fingerprint density at radius 3 is 2.73 bits per heavy atom. The van der Waals surface area contributed by atoms with Crippen molar-refractivity contribution in [3.05, 3.63) is 0 Å². The van der Waals surface area contributed by atoms with E-state index in [-0.39, 0.29) is 42.1 Å². The number of nitrogens with two attached hydrogens (primary N) is 1. The summed E-state index contributed by atoms with van der Waals surface area (Å²) >= 11 is 0. The lowest BCUT2D eigenvalue weighted by Gasteiger charge is -2.54. The Morgan fingerprint density at radius 1 is 1.23 bits per heavy atom. The standard InChI is InChI=1S/C22H39N5O3/c1-26-19(23)16(21(28)24-11-10-14-6-8-15(30-2)9-7-14)13-17-20(26)25-18-5-3-4-12-27(18)22(17)29/h14-20,25H,3-13,23H2,1-2H3,(H,24,28). The highest BCUT2D eigenvalue weighted by molar-refractivity contribution is 5.84. The number of piperidine rings is 2. The summed E-state index contributed by atoms with van der Waals surface area (Å²) in [4.78, 5) is 30.1. The summed E-state index contributed by atoms with van der Waals surface area (Å²) in [5.41, 5.74) is 6.48. The van der Waals surface area contributed by atoms with Crippen LogP contribution in [0.25, 0.3) is 0 Å². The van der Waals surface area contributed by atoms with Crippen LogP contribution in [0, 0.1) is 17.8 Å². The molecule has 4 N–H and O–H groups in total. The van der Waals surface area contributed by atoms with Crippen molar-refractivity contribution in [3.63, 3.8) is 0 Å². The van der Waals surface area contributed by atoms with E-state index in [0.717, 1.165) is 45.1 Å². The zero-order valence-corrected chi connectivity index (χ0v) is 18.5. The van der Waals surface area contributed by atoms with E-state index in [1.54, 1.807) is 7.11 Å². The van der Waals surface area contributed by atoms with Gasteiger partial charge in [-0.05, 0) is 70.8 Å². The van der Waals surface area contributed by atoms with Crippen molar-refractivity contribution >= 4 is 11.8 Å². The Balaban J connectivity index is 1.31. The molecule has 0 bridgehead atoms. The lowest BCUT2D eigenvalue weighted by atomic mass is 9.80.